The van der Waals surface area contributed by atoms with Gasteiger partial charge in [-0.05, 0) is 38.9 Å². The van der Waals surface area contributed by atoms with Crippen LogP contribution < -0.4 is 5.32 Å². The summed E-state index contributed by atoms with van der Waals surface area (Å²) in [6, 6.07) is 8.83. The van der Waals surface area contributed by atoms with Gasteiger partial charge in [-0.1, -0.05) is 25.1 Å². The van der Waals surface area contributed by atoms with Gasteiger partial charge in [-0.3, -0.25) is 0 Å². The summed E-state index contributed by atoms with van der Waals surface area (Å²) in [4.78, 5) is 4.38. The fourth-order valence-electron chi connectivity index (χ4n) is 2.23. The molecule has 0 aliphatic heterocycles. The maximum atomic E-state index is 4.38. The highest BCUT2D eigenvalue weighted by molar-refractivity contribution is 5.44. The minimum atomic E-state index is 0.341. The van der Waals surface area contributed by atoms with Crippen LogP contribution in [-0.4, -0.2) is 16.1 Å². The van der Waals surface area contributed by atoms with Crippen LogP contribution in [0.1, 0.15) is 36.8 Å². The molecule has 1 unspecified atom stereocenters. The van der Waals surface area contributed by atoms with E-state index < -0.39 is 0 Å². The molecule has 2 aromatic rings. The first-order chi connectivity index (χ1) is 8.65. The predicted molar refractivity (Wildman–Crippen MR) is 75.1 cm³/mol. The fraction of sp³-hybridized carbons (Fsp3) is 0.400. The molecular formula is C15H21N3. The van der Waals surface area contributed by atoms with Crippen molar-refractivity contribution in [3.8, 4) is 5.69 Å². The summed E-state index contributed by atoms with van der Waals surface area (Å²) in [6.45, 7) is 9.45. The van der Waals surface area contributed by atoms with E-state index in [1.807, 2.05) is 13.3 Å². The second kappa shape index (κ2) is 5.36. The quantitative estimate of drug-likeness (QED) is 0.894. The smallest absolute Gasteiger partial charge is 0.0997 e. The molecule has 2 rings (SSSR count). The summed E-state index contributed by atoms with van der Waals surface area (Å²) in [5, 5.41) is 3.46. The molecule has 96 valence electrons. The molecule has 3 heteroatoms. The Morgan fingerprint density at radius 2 is 2.00 bits per heavy atom. The number of benzene rings is 1. The highest BCUT2D eigenvalue weighted by Gasteiger charge is 2.12. The Hall–Kier alpha value is -1.61. The van der Waals surface area contributed by atoms with Crippen molar-refractivity contribution < 1.29 is 0 Å². The van der Waals surface area contributed by atoms with Crippen LogP contribution in [0.5, 0.6) is 0 Å². The van der Waals surface area contributed by atoms with Crippen LogP contribution in [-0.2, 0) is 0 Å². The Balaban J connectivity index is 2.48. The van der Waals surface area contributed by atoms with Gasteiger partial charge in [-0.15, -0.1) is 0 Å². The van der Waals surface area contributed by atoms with Gasteiger partial charge < -0.3 is 9.88 Å². The van der Waals surface area contributed by atoms with Crippen LogP contribution in [0, 0.1) is 13.8 Å². The Bertz CT molecular complexity index is 528. The van der Waals surface area contributed by atoms with Gasteiger partial charge in [0.15, 0.2) is 0 Å². The molecular weight excluding hydrogens is 222 g/mol. The van der Waals surface area contributed by atoms with Crippen molar-refractivity contribution in [2.45, 2.75) is 33.7 Å². The third kappa shape index (κ3) is 2.31. The molecule has 0 fully saturated rings. The van der Waals surface area contributed by atoms with Crippen LogP contribution in [0.3, 0.4) is 0 Å². The number of nitrogens with one attached hydrogen (secondary N) is 1. The lowest BCUT2D eigenvalue weighted by atomic mass is 10.1. The van der Waals surface area contributed by atoms with Crippen molar-refractivity contribution in [1.82, 2.24) is 14.9 Å². The maximum absolute atomic E-state index is 4.38. The van der Waals surface area contributed by atoms with E-state index in [4.69, 9.17) is 0 Å². The molecule has 0 aliphatic carbocycles. The van der Waals surface area contributed by atoms with Gasteiger partial charge in [0.1, 0.15) is 0 Å². The topological polar surface area (TPSA) is 29.9 Å². The van der Waals surface area contributed by atoms with E-state index in [1.54, 1.807) is 0 Å². The molecule has 0 spiro atoms. The number of hydrogen-bond acceptors (Lipinski definition) is 2. The standard InChI is InChI=1S/C15H21N3/c1-5-16-12(3)14-8-6-7-9-15(14)18-10-17-11(2)13(18)4/h6-10,12,16H,5H2,1-4H3. The average molecular weight is 243 g/mol. The lowest BCUT2D eigenvalue weighted by Crippen LogP contribution is -2.19. The SMILES string of the molecule is CCNC(C)c1ccccc1-n1cnc(C)c1C. The van der Waals surface area contributed by atoms with Crippen molar-refractivity contribution >= 4 is 0 Å². The van der Waals surface area contributed by atoms with Gasteiger partial charge in [0.25, 0.3) is 0 Å². The number of aryl methyl sites for hydroxylation is 1. The lowest BCUT2D eigenvalue weighted by Gasteiger charge is -2.18. The van der Waals surface area contributed by atoms with Crippen LogP contribution >= 0.6 is 0 Å². The zero-order chi connectivity index (χ0) is 13.1. The minimum Gasteiger partial charge on any atom is -0.310 e. The molecule has 3 nitrogen and oxygen atoms in total. The second-order valence-corrected chi connectivity index (χ2v) is 4.62. The van der Waals surface area contributed by atoms with E-state index in [9.17, 15) is 0 Å². The van der Waals surface area contributed by atoms with Crippen molar-refractivity contribution in [3.05, 3.63) is 47.5 Å². The van der Waals surface area contributed by atoms with E-state index in [2.05, 4.69) is 59.9 Å². The molecule has 1 aromatic carbocycles. The summed E-state index contributed by atoms with van der Waals surface area (Å²) in [7, 11) is 0. The van der Waals surface area contributed by atoms with Crippen molar-refractivity contribution in [3.63, 3.8) is 0 Å². The first-order valence-corrected chi connectivity index (χ1v) is 6.48. The van der Waals surface area contributed by atoms with Crippen molar-refractivity contribution in [1.29, 1.82) is 0 Å². The first kappa shape index (κ1) is 12.8. The largest absolute Gasteiger partial charge is 0.310 e. The van der Waals surface area contributed by atoms with E-state index in [-0.39, 0.29) is 0 Å². The lowest BCUT2D eigenvalue weighted by molar-refractivity contribution is 0.595. The van der Waals surface area contributed by atoms with Crippen LogP contribution in [0.15, 0.2) is 30.6 Å². The molecule has 1 heterocycles. The van der Waals surface area contributed by atoms with E-state index in [0.717, 1.165) is 12.2 Å². The number of hydrogen-bond donors (Lipinski definition) is 1. The van der Waals surface area contributed by atoms with E-state index in [0.29, 0.717) is 6.04 Å². The molecule has 18 heavy (non-hydrogen) atoms. The number of para-hydroxylation sites is 1. The van der Waals surface area contributed by atoms with Gasteiger partial charge in [0.05, 0.1) is 17.7 Å². The zero-order valence-electron chi connectivity index (χ0n) is 11.6. The fourth-order valence-corrected chi connectivity index (χ4v) is 2.23. The molecule has 0 aliphatic rings. The number of imidazole rings is 1. The Labute approximate surface area is 109 Å². The predicted octanol–water partition coefficient (Wildman–Crippen LogP) is 3.16. The molecule has 0 amide bonds. The number of rotatable bonds is 4. The molecule has 1 atom stereocenters. The molecule has 1 N–H and O–H groups in total. The molecule has 1 aromatic heterocycles. The molecule has 0 saturated heterocycles. The van der Waals surface area contributed by atoms with Gasteiger partial charge in [0.2, 0.25) is 0 Å². The van der Waals surface area contributed by atoms with Crippen molar-refractivity contribution in [2.24, 2.45) is 0 Å². The van der Waals surface area contributed by atoms with Crippen molar-refractivity contribution in [2.75, 3.05) is 6.54 Å². The van der Waals surface area contributed by atoms with Crippen LogP contribution in [0.25, 0.3) is 5.69 Å². The molecule has 0 radical (unpaired) electrons. The van der Waals surface area contributed by atoms with Gasteiger partial charge >= 0.3 is 0 Å². The van der Waals surface area contributed by atoms with Crippen LogP contribution in [0.2, 0.25) is 0 Å². The van der Waals surface area contributed by atoms with Gasteiger partial charge in [-0.25, -0.2) is 4.98 Å². The number of aromatic nitrogens is 2. The Kier molecular flexibility index (Phi) is 3.82. The third-order valence-corrected chi connectivity index (χ3v) is 3.42. The van der Waals surface area contributed by atoms with Gasteiger partial charge in [0, 0.05) is 11.7 Å². The highest BCUT2D eigenvalue weighted by Crippen LogP contribution is 2.23. The molecule has 0 bridgehead atoms. The summed E-state index contributed by atoms with van der Waals surface area (Å²) >= 11 is 0. The highest BCUT2D eigenvalue weighted by atomic mass is 15.1. The average Bonchev–Trinajstić information content (AvgIpc) is 2.70. The van der Waals surface area contributed by atoms with Gasteiger partial charge in [-0.2, -0.15) is 0 Å². The minimum absolute atomic E-state index is 0.341. The maximum Gasteiger partial charge on any atom is 0.0997 e. The van der Waals surface area contributed by atoms with E-state index in [1.165, 1.54) is 16.9 Å². The number of nitrogens with zero attached hydrogens (tertiary/aromatic N) is 2. The summed E-state index contributed by atoms with van der Waals surface area (Å²) in [6.07, 6.45) is 1.90. The Morgan fingerprint density at radius 1 is 1.28 bits per heavy atom. The first-order valence-electron chi connectivity index (χ1n) is 6.48. The summed E-state index contributed by atoms with van der Waals surface area (Å²) < 4.78 is 2.17. The molecule has 0 saturated carbocycles. The Morgan fingerprint density at radius 3 is 2.61 bits per heavy atom. The van der Waals surface area contributed by atoms with E-state index >= 15 is 0 Å². The monoisotopic (exact) mass is 243 g/mol. The summed E-state index contributed by atoms with van der Waals surface area (Å²) in [5.74, 6) is 0. The third-order valence-electron chi connectivity index (χ3n) is 3.42. The summed E-state index contributed by atoms with van der Waals surface area (Å²) in [5.41, 5.74) is 4.80. The zero-order valence-corrected chi connectivity index (χ0v) is 11.6. The second-order valence-electron chi connectivity index (χ2n) is 4.62. The van der Waals surface area contributed by atoms with Crippen LogP contribution in [0.4, 0.5) is 0 Å². The normalized spacial score (nSPS) is 12.7.